The van der Waals surface area contributed by atoms with Crippen molar-refractivity contribution in [3.05, 3.63) is 11.2 Å². The second kappa shape index (κ2) is 4.31. The molecule has 5 nitrogen and oxygen atoms in total. The molecule has 2 rings (SSSR count). The van der Waals surface area contributed by atoms with Crippen LogP contribution in [0.2, 0.25) is 0 Å². The van der Waals surface area contributed by atoms with Gasteiger partial charge in [-0.15, -0.1) is 11.3 Å². The highest BCUT2D eigenvalue weighted by molar-refractivity contribution is 7.91. The minimum atomic E-state index is -3.44. The van der Waals surface area contributed by atoms with Gasteiger partial charge in [-0.25, -0.2) is 13.4 Å². The quantitative estimate of drug-likeness (QED) is 0.890. The number of thiazole rings is 1. The average Bonchev–Trinajstić information content (AvgIpc) is 2.62. The van der Waals surface area contributed by atoms with Gasteiger partial charge < -0.3 is 5.11 Å². The Balaban J connectivity index is 2.11. The second-order valence-electron chi connectivity index (χ2n) is 4.45. The fraction of sp³-hybridized carbons (Fsp3) is 0.700. The van der Waals surface area contributed by atoms with Crippen LogP contribution in [0.3, 0.4) is 0 Å². The number of aryl methyl sites for hydroxylation is 1. The molecule has 0 unspecified atom stereocenters. The second-order valence-corrected chi connectivity index (χ2v) is 7.85. The normalized spacial score (nSPS) is 20.2. The highest BCUT2D eigenvalue weighted by atomic mass is 32.2. The lowest BCUT2D eigenvalue weighted by molar-refractivity contribution is -0.0652. The van der Waals surface area contributed by atoms with Crippen molar-refractivity contribution >= 4 is 21.4 Å². The molecule has 1 aromatic heterocycles. The van der Waals surface area contributed by atoms with Gasteiger partial charge in [0.1, 0.15) is 0 Å². The molecular weight excluding hydrogens is 260 g/mol. The maximum absolute atomic E-state index is 12.1. The molecule has 1 aromatic rings. The van der Waals surface area contributed by atoms with Crippen molar-refractivity contribution in [3.8, 4) is 0 Å². The SMILES string of the molecule is CCCC1(O)CN(S(=O)(=O)c2cnc(C)s2)C1. The Labute approximate surface area is 105 Å². The van der Waals surface area contributed by atoms with E-state index < -0.39 is 15.6 Å². The first-order chi connectivity index (χ1) is 7.87. The molecule has 2 heterocycles. The molecule has 0 radical (unpaired) electrons. The highest BCUT2D eigenvalue weighted by Crippen LogP contribution is 2.32. The fourth-order valence-corrected chi connectivity index (χ4v) is 4.85. The molecule has 96 valence electrons. The van der Waals surface area contributed by atoms with Gasteiger partial charge >= 0.3 is 0 Å². The molecule has 7 heteroatoms. The predicted molar refractivity (Wildman–Crippen MR) is 65.5 cm³/mol. The van der Waals surface area contributed by atoms with Crippen LogP contribution in [-0.4, -0.2) is 41.5 Å². The van der Waals surface area contributed by atoms with Gasteiger partial charge in [-0.1, -0.05) is 13.3 Å². The molecule has 0 atom stereocenters. The molecule has 1 N–H and O–H groups in total. The first-order valence-electron chi connectivity index (χ1n) is 5.52. The van der Waals surface area contributed by atoms with E-state index in [0.717, 1.165) is 22.8 Å². The van der Waals surface area contributed by atoms with Crippen LogP contribution in [0.25, 0.3) is 0 Å². The molecule has 0 spiro atoms. The van der Waals surface area contributed by atoms with Crippen LogP contribution in [-0.2, 0) is 10.0 Å². The number of sulfonamides is 1. The van der Waals surface area contributed by atoms with E-state index in [2.05, 4.69) is 4.98 Å². The van der Waals surface area contributed by atoms with Crippen molar-refractivity contribution in [1.29, 1.82) is 0 Å². The summed E-state index contributed by atoms with van der Waals surface area (Å²) in [4.78, 5) is 3.95. The molecule has 1 saturated heterocycles. The van der Waals surface area contributed by atoms with Gasteiger partial charge in [-0.3, -0.25) is 0 Å². The van der Waals surface area contributed by atoms with Gasteiger partial charge in [-0.05, 0) is 13.3 Å². The van der Waals surface area contributed by atoms with E-state index in [-0.39, 0.29) is 17.3 Å². The Bertz CT molecular complexity index is 503. The first kappa shape index (κ1) is 12.9. The first-order valence-corrected chi connectivity index (χ1v) is 7.78. The number of aliphatic hydroxyl groups is 1. The van der Waals surface area contributed by atoms with Gasteiger partial charge in [-0.2, -0.15) is 4.31 Å². The molecule has 0 saturated carbocycles. The van der Waals surface area contributed by atoms with Crippen LogP contribution in [0, 0.1) is 6.92 Å². The van der Waals surface area contributed by atoms with Crippen LogP contribution >= 0.6 is 11.3 Å². The molecule has 1 aliphatic heterocycles. The Morgan fingerprint density at radius 2 is 2.24 bits per heavy atom. The number of β-amino-alcohol motifs (C(OH)–C–C–N with tert-alkyl or cyclic N) is 1. The predicted octanol–water partition coefficient (Wildman–Crippen LogP) is 0.987. The van der Waals surface area contributed by atoms with E-state index in [4.69, 9.17) is 0 Å². The average molecular weight is 276 g/mol. The molecule has 0 aliphatic carbocycles. The smallest absolute Gasteiger partial charge is 0.254 e. The van der Waals surface area contributed by atoms with Gasteiger partial charge in [0.05, 0.1) is 16.8 Å². The lowest BCUT2D eigenvalue weighted by Gasteiger charge is -2.45. The van der Waals surface area contributed by atoms with Crippen molar-refractivity contribution < 1.29 is 13.5 Å². The number of hydrogen-bond acceptors (Lipinski definition) is 5. The maximum atomic E-state index is 12.1. The maximum Gasteiger partial charge on any atom is 0.254 e. The van der Waals surface area contributed by atoms with E-state index in [1.54, 1.807) is 6.92 Å². The molecule has 0 aromatic carbocycles. The van der Waals surface area contributed by atoms with Crippen molar-refractivity contribution in [2.24, 2.45) is 0 Å². The molecule has 0 bridgehead atoms. The van der Waals surface area contributed by atoms with E-state index in [1.807, 2.05) is 6.92 Å². The van der Waals surface area contributed by atoms with Gasteiger partial charge in [0.2, 0.25) is 0 Å². The number of hydrogen-bond donors (Lipinski definition) is 1. The summed E-state index contributed by atoms with van der Waals surface area (Å²) in [7, 11) is -3.44. The molecule has 17 heavy (non-hydrogen) atoms. The summed E-state index contributed by atoms with van der Waals surface area (Å²) in [5.41, 5.74) is -0.832. The van der Waals surface area contributed by atoms with Gasteiger partial charge in [0.15, 0.2) is 4.21 Å². The summed E-state index contributed by atoms with van der Waals surface area (Å²) >= 11 is 1.16. The number of nitrogens with zero attached hydrogens (tertiary/aromatic N) is 2. The zero-order valence-electron chi connectivity index (χ0n) is 9.88. The van der Waals surface area contributed by atoms with E-state index in [1.165, 1.54) is 10.5 Å². The Morgan fingerprint density at radius 3 is 2.71 bits per heavy atom. The van der Waals surface area contributed by atoms with Gasteiger partial charge in [0, 0.05) is 13.1 Å². The minimum Gasteiger partial charge on any atom is -0.387 e. The summed E-state index contributed by atoms with van der Waals surface area (Å²) in [6.45, 7) is 4.13. The molecule has 1 fully saturated rings. The van der Waals surface area contributed by atoms with E-state index >= 15 is 0 Å². The van der Waals surface area contributed by atoms with Crippen LogP contribution in [0.5, 0.6) is 0 Å². The van der Waals surface area contributed by atoms with Crippen molar-refractivity contribution in [2.45, 2.75) is 36.5 Å². The molecular formula is C10H16N2O3S2. The molecule has 0 amide bonds. The van der Waals surface area contributed by atoms with Crippen LogP contribution < -0.4 is 0 Å². The largest absolute Gasteiger partial charge is 0.387 e. The van der Waals surface area contributed by atoms with Crippen LogP contribution in [0.15, 0.2) is 10.4 Å². The summed E-state index contributed by atoms with van der Waals surface area (Å²) in [5.74, 6) is 0. The zero-order chi connectivity index (χ0) is 12.7. The Morgan fingerprint density at radius 1 is 1.59 bits per heavy atom. The summed E-state index contributed by atoms with van der Waals surface area (Å²) in [6.07, 6.45) is 2.87. The number of rotatable bonds is 4. The summed E-state index contributed by atoms with van der Waals surface area (Å²) in [6, 6.07) is 0. The monoisotopic (exact) mass is 276 g/mol. The van der Waals surface area contributed by atoms with Gasteiger partial charge in [0.25, 0.3) is 10.0 Å². The standard InChI is InChI=1S/C10H16N2O3S2/c1-3-4-10(13)6-12(7-10)17(14,15)9-5-11-8(2)16-9/h5,13H,3-4,6-7H2,1-2H3. The Hall–Kier alpha value is -0.500. The summed E-state index contributed by atoms with van der Waals surface area (Å²) in [5, 5.41) is 10.7. The van der Waals surface area contributed by atoms with E-state index in [0.29, 0.717) is 6.42 Å². The molecule has 1 aliphatic rings. The Kier molecular flexibility index (Phi) is 3.28. The lowest BCUT2D eigenvalue weighted by Crippen LogP contribution is -2.63. The third-order valence-electron chi connectivity index (χ3n) is 2.85. The fourth-order valence-electron chi connectivity index (χ4n) is 1.99. The van der Waals surface area contributed by atoms with Crippen molar-refractivity contribution in [2.75, 3.05) is 13.1 Å². The van der Waals surface area contributed by atoms with Crippen molar-refractivity contribution in [3.63, 3.8) is 0 Å². The third-order valence-corrected chi connectivity index (χ3v) is 5.99. The van der Waals surface area contributed by atoms with Crippen LogP contribution in [0.4, 0.5) is 0 Å². The highest BCUT2D eigenvalue weighted by Gasteiger charge is 2.46. The topological polar surface area (TPSA) is 70.5 Å². The van der Waals surface area contributed by atoms with E-state index in [9.17, 15) is 13.5 Å². The third kappa shape index (κ3) is 2.37. The van der Waals surface area contributed by atoms with Crippen LogP contribution in [0.1, 0.15) is 24.8 Å². The van der Waals surface area contributed by atoms with Crippen molar-refractivity contribution in [1.82, 2.24) is 9.29 Å². The number of aromatic nitrogens is 1. The lowest BCUT2D eigenvalue weighted by atomic mass is 9.92. The summed E-state index contributed by atoms with van der Waals surface area (Å²) < 4.78 is 25.8. The minimum absolute atomic E-state index is 0.195. The zero-order valence-corrected chi connectivity index (χ0v) is 11.5.